The van der Waals surface area contributed by atoms with Gasteiger partial charge in [0, 0.05) is 25.9 Å². The van der Waals surface area contributed by atoms with Gasteiger partial charge in [-0.2, -0.15) is 0 Å². The number of ether oxygens (including phenoxy) is 1. The van der Waals surface area contributed by atoms with Gasteiger partial charge in [-0.05, 0) is 56.2 Å². The monoisotopic (exact) mass is 858 g/mol. The third-order valence-electron chi connectivity index (χ3n) is 10.7. The van der Waals surface area contributed by atoms with E-state index in [4.69, 9.17) is 10.5 Å². The van der Waals surface area contributed by atoms with Gasteiger partial charge >= 0.3 is 11.9 Å². The maximum absolute atomic E-state index is 14.0. The number of carboxylic acids is 2. The number of carbonyl (C=O) groups is 8. The average Bonchev–Trinajstić information content (AvgIpc) is 3.21. The van der Waals surface area contributed by atoms with Gasteiger partial charge < -0.3 is 52.6 Å². The van der Waals surface area contributed by atoms with E-state index in [0.29, 0.717) is 25.3 Å². The minimum absolute atomic E-state index is 0.00839. The zero-order valence-electron chi connectivity index (χ0n) is 35.5. The molecule has 2 fully saturated rings. The van der Waals surface area contributed by atoms with E-state index in [1.54, 1.807) is 44.2 Å². The van der Waals surface area contributed by atoms with Crippen LogP contribution in [0.2, 0.25) is 0 Å². The summed E-state index contributed by atoms with van der Waals surface area (Å²) in [7, 11) is 0. The van der Waals surface area contributed by atoms with Crippen LogP contribution in [0, 0.1) is 11.8 Å². The van der Waals surface area contributed by atoms with E-state index in [-0.39, 0.29) is 50.5 Å². The van der Waals surface area contributed by atoms with E-state index in [2.05, 4.69) is 36.8 Å². The molecule has 10 N–H and O–H groups in total. The molecule has 0 radical (unpaired) electrons. The van der Waals surface area contributed by atoms with Crippen molar-refractivity contribution < 1.29 is 53.3 Å². The molecule has 19 heteroatoms. The molecule has 0 bridgehead atoms. The molecule has 2 aliphatic rings. The Labute approximate surface area is 357 Å². The fraction of sp³-hybridized carbons (Fsp3) is 0.667. The summed E-state index contributed by atoms with van der Waals surface area (Å²) in [6.07, 6.45) is 4.05. The molecule has 1 aromatic rings. The molecule has 19 nitrogen and oxygen atoms in total. The maximum atomic E-state index is 14.0. The number of nitrogens with one attached hydrogen (secondary N) is 6. The van der Waals surface area contributed by atoms with E-state index in [9.17, 15) is 48.6 Å². The molecule has 0 aromatic heterocycles. The SMILES string of the molecule is CC(C)C[C@H](NC(=O)[C@H](CC(=O)O)NC(=O)[C@H](CC1CCCCC1)NC(=O)[C@H](CCC(N)=O)NC(=O)CNCCCN1CCOCC1)C(=O)N[C@@H](Cc1ccccc1)C(=O)O. The third-order valence-corrected chi connectivity index (χ3v) is 10.7. The maximum Gasteiger partial charge on any atom is 0.326 e. The highest BCUT2D eigenvalue weighted by molar-refractivity contribution is 5.97. The van der Waals surface area contributed by atoms with E-state index >= 15 is 0 Å². The lowest BCUT2D eigenvalue weighted by molar-refractivity contribution is -0.143. The second kappa shape index (κ2) is 26.9. The zero-order valence-corrected chi connectivity index (χ0v) is 35.5. The van der Waals surface area contributed by atoms with Crippen LogP contribution < -0.4 is 37.6 Å². The fourth-order valence-electron chi connectivity index (χ4n) is 7.47. The van der Waals surface area contributed by atoms with Gasteiger partial charge in [0.15, 0.2) is 0 Å². The first kappa shape index (κ1) is 50.2. The van der Waals surface area contributed by atoms with Crippen LogP contribution in [-0.2, 0) is 49.5 Å². The molecule has 1 heterocycles. The molecule has 6 amide bonds. The standard InChI is InChI=1S/C42H66N8O11/c1-27(2)22-31(39(56)49-34(42(59)60)24-29-12-7-4-8-13-29)46-41(58)33(25-37(53)54)48-40(57)32(23-28-10-5-3-6-11-28)47-38(55)30(14-15-35(43)51)45-36(52)26-44-16-9-17-50-18-20-61-21-19-50/h4,7-8,12-13,27-28,30-34,44H,3,5-6,9-11,14-26H2,1-2H3,(H2,43,51)(H,45,52)(H,46,58)(H,47,55)(H,48,57)(H,49,56)(H,53,54)(H,59,60)/t30-,31-,32-,33-,34-/m0/s1. The number of carboxylic acid groups (broad SMARTS) is 2. The molecule has 1 aliphatic carbocycles. The number of nitrogens with two attached hydrogens (primary N) is 1. The number of amides is 6. The van der Waals surface area contributed by atoms with Gasteiger partial charge in [0.25, 0.3) is 0 Å². The summed E-state index contributed by atoms with van der Waals surface area (Å²) in [5.74, 6) is -7.55. The molecule has 1 aliphatic heterocycles. The van der Waals surface area contributed by atoms with Gasteiger partial charge in [-0.25, -0.2) is 4.79 Å². The minimum atomic E-state index is -1.70. The minimum Gasteiger partial charge on any atom is -0.481 e. The highest BCUT2D eigenvalue weighted by Crippen LogP contribution is 2.27. The Bertz CT molecular complexity index is 1600. The molecule has 1 aromatic carbocycles. The summed E-state index contributed by atoms with van der Waals surface area (Å²) in [6.45, 7) is 7.87. The van der Waals surface area contributed by atoms with Crippen molar-refractivity contribution in [1.29, 1.82) is 0 Å². The lowest BCUT2D eigenvalue weighted by atomic mass is 9.84. The lowest BCUT2D eigenvalue weighted by Gasteiger charge is -2.29. The van der Waals surface area contributed by atoms with E-state index in [1.165, 1.54) is 0 Å². The molecule has 3 rings (SSSR count). The van der Waals surface area contributed by atoms with Gasteiger partial charge in [-0.1, -0.05) is 76.3 Å². The van der Waals surface area contributed by atoms with Gasteiger partial charge in [0.2, 0.25) is 35.4 Å². The van der Waals surface area contributed by atoms with Crippen molar-refractivity contribution in [3.8, 4) is 0 Å². The Balaban J connectivity index is 1.74. The third kappa shape index (κ3) is 19.9. The number of primary amides is 1. The van der Waals surface area contributed by atoms with E-state index in [0.717, 1.165) is 58.2 Å². The number of rotatable bonds is 27. The predicted molar refractivity (Wildman–Crippen MR) is 224 cm³/mol. The Morgan fingerprint density at radius 1 is 0.770 bits per heavy atom. The number of carbonyl (C=O) groups excluding carboxylic acids is 6. The summed E-state index contributed by atoms with van der Waals surface area (Å²) in [5.41, 5.74) is 6.04. The van der Waals surface area contributed by atoms with Crippen molar-refractivity contribution in [1.82, 2.24) is 36.8 Å². The lowest BCUT2D eigenvalue weighted by Crippen LogP contribution is -2.59. The highest BCUT2D eigenvalue weighted by Gasteiger charge is 2.35. The number of morpholine rings is 1. The predicted octanol–water partition coefficient (Wildman–Crippen LogP) is -0.194. The van der Waals surface area contributed by atoms with Crippen molar-refractivity contribution in [2.24, 2.45) is 17.6 Å². The number of hydrogen-bond acceptors (Lipinski definition) is 11. The summed E-state index contributed by atoms with van der Waals surface area (Å²) in [4.78, 5) is 106. The van der Waals surface area contributed by atoms with Crippen LogP contribution in [0.25, 0.3) is 0 Å². The normalized spacial score (nSPS) is 17.2. The zero-order chi connectivity index (χ0) is 44.7. The largest absolute Gasteiger partial charge is 0.481 e. The second-order valence-corrected chi connectivity index (χ2v) is 16.3. The number of hydrogen-bond donors (Lipinski definition) is 9. The molecule has 61 heavy (non-hydrogen) atoms. The van der Waals surface area contributed by atoms with Crippen molar-refractivity contribution in [3.63, 3.8) is 0 Å². The first-order valence-corrected chi connectivity index (χ1v) is 21.4. The Hall–Kier alpha value is -5.14. The van der Waals surface area contributed by atoms with Crippen molar-refractivity contribution in [3.05, 3.63) is 35.9 Å². The fourth-order valence-corrected chi connectivity index (χ4v) is 7.47. The van der Waals surface area contributed by atoms with Crippen LogP contribution in [0.1, 0.15) is 90.0 Å². The molecule has 1 saturated heterocycles. The number of nitrogens with zero attached hydrogens (tertiary/aromatic N) is 1. The Morgan fingerprint density at radius 2 is 1.36 bits per heavy atom. The van der Waals surface area contributed by atoms with Crippen LogP contribution in [0.15, 0.2) is 30.3 Å². The smallest absolute Gasteiger partial charge is 0.326 e. The van der Waals surface area contributed by atoms with Crippen LogP contribution in [0.3, 0.4) is 0 Å². The van der Waals surface area contributed by atoms with Gasteiger partial charge in [-0.15, -0.1) is 0 Å². The first-order valence-electron chi connectivity index (χ1n) is 21.4. The quantitative estimate of drug-likeness (QED) is 0.0520. The molecular formula is C42H66N8O11. The second-order valence-electron chi connectivity index (χ2n) is 16.3. The summed E-state index contributed by atoms with van der Waals surface area (Å²) in [5, 5.41) is 35.5. The summed E-state index contributed by atoms with van der Waals surface area (Å²) >= 11 is 0. The van der Waals surface area contributed by atoms with E-state index in [1.807, 2.05) is 0 Å². The van der Waals surface area contributed by atoms with Crippen molar-refractivity contribution >= 4 is 47.4 Å². The Kier molecular flexibility index (Phi) is 22.2. The molecule has 5 atom stereocenters. The van der Waals surface area contributed by atoms with Crippen molar-refractivity contribution in [2.45, 2.75) is 121 Å². The molecular weight excluding hydrogens is 793 g/mol. The first-order chi connectivity index (χ1) is 29.1. The van der Waals surface area contributed by atoms with E-state index < -0.39 is 84.0 Å². The topological polar surface area (TPSA) is 288 Å². The van der Waals surface area contributed by atoms with Crippen molar-refractivity contribution in [2.75, 3.05) is 45.9 Å². The molecule has 1 saturated carbocycles. The van der Waals surface area contributed by atoms with Crippen LogP contribution in [0.5, 0.6) is 0 Å². The van der Waals surface area contributed by atoms with Crippen LogP contribution >= 0.6 is 0 Å². The molecule has 0 spiro atoms. The number of aliphatic carboxylic acids is 2. The van der Waals surface area contributed by atoms with Gasteiger partial charge in [0.05, 0.1) is 26.2 Å². The van der Waals surface area contributed by atoms with Crippen LogP contribution in [-0.4, -0.2) is 139 Å². The van der Waals surface area contributed by atoms with Gasteiger partial charge in [-0.3, -0.25) is 38.5 Å². The highest BCUT2D eigenvalue weighted by atomic mass is 16.5. The summed E-state index contributed by atoms with van der Waals surface area (Å²) in [6, 6.07) is 1.82. The molecule has 0 unspecified atom stereocenters. The average molecular weight is 859 g/mol. The van der Waals surface area contributed by atoms with Crippen LogP contribution in [0.4, 0.5) is 0 Å². The van der Waals surface area contributed by atoms with Gasteiger partial charge in [0.1, 0.15) is 30.2 Å². The summed E-state index contributed by atoms with van der Waals surface area (Å²) < 4.78 is 5.37. The number of benzene rings is 1. The Morgan fingerprint density at radius 3 is 1.98 bits per heavy atom. The molecule has 340 valence electrons.